The molecule has 2 rings (SSSR count). The van der Waals surface area contributed by atoms with E-state index in [0.717, 1.165) is 17.9 Å². The molecule has 1 amide bonds. The van der Waals surface area contributed by atoms with Crippen LogP contribution in [0.25, 0.3) is 0 Å². The van der Waals surface area contributed by atoms with Crippen LogP contribution in [0, 0.1) is 0 Å². The largest absolute Gasteiger partial charge is 0.497 e. The van der Waals surface area contributed by atoms with Crippen molar-refractivity contribution in [2.24, 2.45) is 10.7 Å². The molecule has 0 aliphatic heterocycles. The number of nitrogens with one attached hydrogen (secondary N) is 2. The van der Waals surface area contributed by atoms with E-state index in [4.69, 9.17) is 10.5 Å². The number of methoxy groups -OCH3 is 1. The highest BCUT2D eigenvalue weighted by molar-refractivity contribution is 7.12. The summed E-state index contributed by atoms with van der Waals surface area (Å²) in [5.74, 6) is 1.08. The first-order chi connectivity index (χ1) is 11.2. The van der Waals surface area contributed by atoms with Gasteiger partial charge in [-0.2, -0.15) is 0 Å². The Morgan fingerprint density at radius 3 is 2.74 bits per heavy atom. The molecule has 4 N–H and O–H groups in total. The number of carbonyl (C=O) groups is 1. The number of ether oxygens (including phenoxy) is 1. The van der Waals surface area contributed by atoms with Crippen LogP contribution in [0.4, 0.5) is 5.69 Å². The maximum Gasteiger partial charge on any atom is 0.261 e. The van der Waals surface area contributed by atoms with Crippen LogP contribution in [0.1, 0.15) is 16.1 Å². The van der Waals surface area contributed by atoms with Gasteiger partial charge in [0.1, 0.15) is 5.75 Å². The highest BCUT2D eigenvalue weighted by atomic mass is 32.1. The lowest BCUT2D eigenvalue weighted by molar-refractivity contribution is 0.0957. The molecule has 0 atom stereocenters. The molecule has 122 valence electrons. The van der Waals surface area contributed by atoms with Crippen molar-refractivity contribution in [3.8, 4) is 5.75 Å². The molecule has 23 heavy (non-hydrogen) atoms. The van der Waals surface area contributed by atoms with Gasteiger partial charge < -0.3 is 21.1 Å². The fourth-order valence-electron chi connectivity index (χ4n) is 1.84. The minimum absolute atomic E-state index is 0.0479. The van der Waals surface area contributed by atoms with E-state index in [2.05, 4.69) is 15.6 Å². The van der Waals surface area contributed by atoms with Gasteiger partial charge in [-0.15, -0.1) is 11.3 Å². The van der Waals surface area contributed by atoms with Gasteiger partial charge in [0.05, 0.1) is 12.0 Å². The van der Waals surface area contributed by atoms with Gasteiger partial charge >= 0.3 is 0 Å². The summed E-state index contributed by atoms with van der Waals surface area (Å²) >= 11 is 1.43. The van der Waals surface area contributed by atoms with Crippen LogP contribution < -0.4 is 21.1 Å². The number of benzene rings is 1. The summed E-state index contributed by atoms with van der Waals surface area (Å²) in [7, 11) is 1.62. The Kier molecular flexibility index (Phi) is 6.43. The van der Waals surface area contributed by atoms with Crippen molar-refractivity contribution in [1.82, 2.24) is 5.32 Å². The zero-order valence-electron chi connectivity index (χ0n) is 12.9. The van der Waals surface area contributed by atoms with Gasteiger partial charge in [-0.05, 0) is 42.1 Å². The van der Waals surface area contributed by atoms with Gasteiger partial charge in [-0.1, -0.05) is 6.07 Å². The quantitative estimate of drug-likeness (QED) is 0.412. The van der Waals surface area contributed by atoms with Gasteiger partial charge in [-0.25, -0.2) is 0 Å². The molecule has 0 fully saturated rings. The Balaban J connectivity index is 1.67. The Labute approximate surface area is 139 Å². The number of hydrogen-bond acceptors (Lipinski definition) is 4. The highest BCUT2D eigenvalue weighted by Crippen LogP contribution is 2.14. The van der Waals surface area contributed by atoms with Crippen molar-refractivity contribution in [3.63, 3.8) is 0 Å². The molecule has 0 aliphatic rings. The van der Waals surface area contributed by atoms with E-state index in [1.807, 2.05) is 35.7 Å². The summed E-state index contributed by atoms with van der Waals surface area (Å²) in [5, 5.41) is 7.73. The van der Waals surface area contributed by atoms with Crippen LogP contribution >= 0.6 is 11.3 Å². The molecular formula is C16H20N4O2S. The minimum atomic E-state index is -0.0479. The summed E-state index contributed by atoms with van der Waals surface area (Å²) in [4.78, 5) is 16.7. The van der Waals surface area contributed by atoms with Gasteiger partial charge in [0.2, 0.25) is 0 Å². The fraction of sp³-hybridized carbons (Fsp3) is 0.250. The average Bonchev–Trinajstić information content (AvgIpc) is 3.09. The number of carbonyl (C=O) groups excluding carboxylic acids is 1. The summed E-state index contributed by atoms with van der Waals surface area (Å²) in [6.07, 6.45) is 0.724. The van der Waals surface area contributed by atoms with Gasteiger partial charge in [0, 0.05) is 18.8 Å². The zero-order chi connectivity index (χ0) is 16.5. The van der Waals surface area contributed by atoms with Gasteiger partial charge in [0.15, 0.2) is 5.96 Å². The van der Waals surface area contributed by atoms with Crippen molar-refractivity contribution in [3.05, 3.63) is 46.7 Å². The summed E-state index contributed by atoms with van der Waals surface area (Å²) in [6.45, 7) is 1.11. The third-order valence-electron chi connectivity index (χ3n) is 3.01. The fourth-order valence-corrected chi connectivity index (χ4v) is 2.48. The number of guanidine groups is 1. The smallest absolute Gasteiger partial charge is 0.261 e. The molecule has 6 nitrogen and oxygen atoms in total. The normalized spacial score (nSPS) is 11.1. The Morgan fingerprint density at radius 2 is 2.09 bits per heavy atom. The standard InChI is InChI=1S/C16H20N4O2S/c1-22-13-7-5-12(6-8-13)20-16(17)19-10-3-9-18-15(21)14-4-2-11-23-14/h2,4-8,11H,3,9-10H2,1H3,(H,18,21)(H3,17,19,20). The molecule has 0 spiro atoms. The molecule has 0 radical (unpaired) electrons. The predicted octanol–water partition coefficient (Wildman–Crippen LogP) is 2.30. The van der Waals surface area contributed by atoms with E-state index in [1.54, 1.807) is 13.2 Å². The third-order valence-corrected chi connectivity index (χ3v) is 3.88. The second-order valence-electron chi connectivity index (χ2n) is 4.71. The highest BCUT2D eigenvalue weighted by Gasteiger charge is 2.04. The lowest BCUT2D eigenvalue weighted by atomic mass is 10.3. The summed E-state index contributed by atoms with van der Waals surface area (Å²) in [6, 6.07) is 11.1. The maximum absolute atomic E-state index is 11.7. The first-order valence-corrected chi connectivity index (χ1v) is 8.09. The van der Waals surface area contributed by atoms with Crippen molar-refractivity contribution in [2.75, 3.05) is 25.5 Å². The van der Waals surface area contributed by atoms with Crippen molar-refractivity contribution >= 4 is 28.9 Å². The number of nitrogens with two attached hydrogens (primary N) is 1. The number of aliphatic imine (C=N–C) groups is 1. The number of hydrogen-bond donors (Lipinski definition) is 3. The molecule has 0 saturated heterocycles. The minimum Gasteiger partial charge on any atom is -0.497 e. The van der Waals surface area contributed by atoms with Crippen LogP contribution in [-0.2, 0) is 0 Å². The van der Waals surface area contributed by atoms with Crippen LogP contribution in [-0.4, -0.2) is 32.1 Å². The monoisotopic (exact) mass is 332 g/mol. The second kappa shape index (κ2) is 8.79. The zero-order valence-corrected chi connectivity index (χ0v) is 13.7. The lowest BCUT2D eigenvalue weighted by Gasteiger charge is -2.07. The van der Waals surface area contributed by atoms with E-state index in [1.165, 1.54) is 11.3 Å². The van der Waals surface area contributed by atoms with E-state index >= 15 is 0 Å². The Morgan fingerprint density at radius 1 is 1.30 bits per heavy atom. The van der Waals surface area contributed by atoms with Crippen LogP contribution in [0.3, 0.4) is 0 Å². The van der Waals surface area contributed by atoms with Gasteiger partial charge in [-0.3, -0.25) is 9.79 Å². The third kappa shape index (κ3) is 5.63. The molecular weight excluding hydrogens is 312 g/mol. The molecule has 2 aromatic rings. The number of anilines is 1. The predicted molar refractivity (Wildman–Crippen MR) is 94.4 cm³/mol. The van der Waals surface area contributed by atoms with Crippen molar-refractivity contribution < 1.29 is 9.53 Å². The number of thiophene rings is 1. The van der Waals surface area contributed by atoms with E-state index in [-0.39, 0.29) is 5.91 Å². The average molecular weight is 332 g/mol. The summed E-state index contributed by atoms with van der Waals surface area (Å²) < 4.78 is 5.09. The molecule has 0 bridgehead atoms. The van der Waals surface area contributed by atoms with Gasteiger partial charge in [0.25, 0.3) is 5.91 Å². The second-order valence-corrected chi connectivity index (χ2v) is 5.65. The molecule has 7 heteroatoms. The lowest BCUT2D eigenvalue weighted by Crippen LogP contribution is -2.25. The molecule has 1 heterocycles. The molecule has 1 aromatic carbocycles. The van der Waals surface area contributed by atoms with E-state index in [9.17, 15) is 4.79 Å². The van der Waals surface area contributed by atoms with E-state index in [0.29, 0.717) is 23.9 Å². The number of nitrogens with zero attached hydrogens (tertiary/aromatic N) is 1. The first-order valence-electron chi connectivity index (χ1n) is 7.22. The molecule has 1 aromatic heterocycles. The molecule has 0 aliphatic carbocycles. The van der Waals surface area contributed by atoms with Crippen molar-refractivity contribution in [1.29, 1.82) is 0 Å². The SMILES string of the molecule is COc1ccc(NC(N)=NCCCNC(=O)c2cccs2)cc1. The van der Waals surface area contributed by atoms with Crippen molar-refractivity contribution in [2.45, 2.75) is 6.42 Å². The molecule has 0 saturated carbocycles. The van der Waals surface area contributed by atoms with E-state index < -0.39 is 0 Å². The first kappa shape index (κ1) is 16.8. The topological polar surface area (TPSA) is 88.7 Å². The van der Waals surface area contributed by atoms with Crippen LogP contribution in [0.2, 0.25) is 0 Å². The number of rotatable bonds is 7. The number of amides is 1. The van der Waals surface area contributed by atoms with Crippen LogP contribution in [0.5, 0.6) is 5.75 Å². The maximum atomic E-state index is 11.7. The Bertz CT molecular complexity index is 639. The van der Waals surface area contributed by atoms with Crippen LogP contribution in [0.15, 0.2) is 46.8 Å². The summed E-state index contributed by atoms with van der Waals surface area (Å²) in [5.41, 5.74) is 6.66. The Hall–Kier alpha value is -2.54. The molecule has 0 unspecified atom stereocenters.